The lowest BCUT2D eigenvalue weighted by Crippen LogP contribution is -2.11. The van der Waals surface area contributed by atoms with Crippen molar-refractivity contribution in [2.24, 2.45) is 4.99 Å². The summed E-state index contributed by atoms with van der Waals surface area (Å²) < 4.78 is 12.5. The van der Waals surface area contributed by atoms with Crippen molar-refractivity contribution in [1.82, 2.24) is 9.55 Å². The second-order valence-electron chi connectivity index (χ2n) is 4.62. The van der Waals surface area contributed by atoms with Crippen molar-refractivity contribution in [3.8, 4) is 0 Å². The molecular formula is C11H17N4O4P. The second-order valence-corrected chi connectivity index (χ2v) is 6.40. The Hall–Kier alpha value is -1.50. The molecule has 1 aromatic rings. The molecule has 0 saturated heterocycles. The normalized spacial score (nSPS) is 14.8. The van der Waals surface area contributed by atoms with Crippen LogP contribution in [-0.4, -0.2) is 44.2 Å². The maximum atomic E-state index is 11.9. The molecule has 9 heteroatoms. The van der Waals surface area contributed by atoms with Gasteiger partial charge in [0.15, 0.2) is 5.82 Å². The predicted octanol–water partition coefficient (Wildman–Crippen LogP) is 0.868. The van der Waals surface area contributed by atoms with Gasteiger partial charge in [-0.1, -0.05) is 6.42 Å². The van der Waals surface area contributed by atoms with Crippen LogP contribution in [0.5, 0.6) is 0 Å². The minimum atomic E-state index is -3.90. The van der Waals surface area contributed by atoms with Gasteiger partial charge in [0.05, 0.1) is 12.7 Å². The van der Waals surface area contributed by atoms with Crippen LogP contribution in [0.15, 0.2) is 11.3 Å². The van der Waals surface area contributed by atoms with E-state index in [1.807, 2.05) is 0 Å². The van der Waals surface area contributed by atoms with E-state index in [2.05, 4.69) is 15.3 Å². The molecule has 1 aliphatic rings. The summed E-state index contributed by atoms with van der Waals surface area (Å²) in [6.45, 7) is 0.695. The van der Waals surface area contributed by atoms with Crippen molar-refractivity contribution in [3.63, 3.8) is 0 Å². The van der Waals surface area contributed by atoms with E-state index in [0.717, 1.165) is 6.42 Å². The number of anilines is 1. The average molecular weight is 300 g/mol. The number of fused-ring (bicyclic) bond motifs is 1. The first-order chi connectivity index (χ1) is 9.47. The lowest BCUT2D eigenvalue weighted by atomic mass is 10.2. The second kappa shape index (κ2) is 6.30. The Labute approximate surface area is 116 Å². The van der Waals surface area contributed by atoms with E-state index in [0.29, 0.717) is 30.9 Å². The number of hydrogen-bond donors (Lipinski definition) is 3. The van der Waals surface area contributed by atoms with Gasteiger partial charge in [-0.15, -0.1) is 0 Å². The fourth-order valence-electron chi connectivity index (χ4n) is 2.04. The first kappa shape index (κ1) is 14.9. The molecule has 0 unspecified atom stereocenters. The van der Waals surface area contributed by atoms with Crippen LogP contribution >= 0.6 is 7.60 Å². The predicted molar refractivity (Wildman–Crippen MR) is 74.3 cm³/mol. The van der Waals surface area contributed by atoms with Gasteiger partial charge in [-0.3, -0.25) is 14.4 Å². The van der Waals surface area contributed by atoms with Crippen molar-refractivity contribution in [2.45, 2.75) is 25.8 Å². The summed E-state index contributed by atoms with van der Waals surface area (Å²) in [6, 6.07) is 0. The average Bonchev–Trinajstić information content (AvgIpc) is 2.66. The van der Waals surface area contributed by atoms with Crippen molar-refractivity contribution >= 4 is 25.5 Å². The zero-order chi connectivity index (χ0) is 14.6. The molecule has 3 N–H and O–H groups in total. The molecule has 0 atom stereocenters. The number of carbonyl (C=O) groups excluding carboxylic acids is 1. The lowest BCUT2D eigenvalue weighted by molar-refractivity contribution is 0.0994. The molecule has 1 aromatic heterocycles. The maximum Gasteiger partial charge on any atom is 0.325 e. The smallest absolute Gasteiger partial charge is 0.325 e. The molecule has 0 spiro atoms. The number of carbonyl (C=O) groups is 1. The van der Waals surface area contributed by atoms with Crippen molar-refractivity contribution < 1.29 is 19.1 Å². The number of ketones is 1. The van der Waals surface area contributed by atoms with Crippen molar-refractivity contribution in [2.75, 3.05) is 18.0 Å². The minimum Gasteiger partial charge on any atom is -0.330 e. The highest BCUT2D eigenvalue weighted by atomic mass is 31.2. The first-order valence-electron chi connectivity index (χ1n) is 6.35. The molecule has 1 aliphatic heterocycles. The zero-order valence-electron chi connectivity index (χ0n) is 10.9. The quantitative estimate of drug-likeness (QED) is 0.530. The number of aliphatic imine (C=N–C) groups is 1. The van der Waals surface area contributed by atoms with Crippen LogP contribution in [0.1, 0.15) is 29.8 Å². The summed E-state index contributed by atoms with van der Waals surface area (Å²) in [4.78, 5) is 37.4. The molecule has 2 rings (SSSR count). The van der Waals surface area contributed by atoms with Gasteiger partial charge in [0.25, 0.3) is 0 Å². The van der Waals surface area contributed by atoms with Crippen LogP contribution < -0.4 is 5.32 Å². The Bertz CT molecular complexity index is 563. The van der Waals surface area contributed by atoms with Gasteiger partial charge in [0.1, 0.15) is 12.2 Å². The number of nitrogens with zero attached hydrogens (tertiary/aromatic N) is 3. The number of hydrogen-bond acceptors (Lipinski definition) is 5. The number of aryl methyl sites for hydroxylation is 1. The molecule has 0 saturated carbocycles. The highest BCUT2D eigenvalue weighted by molar-refractivity contribution is 7.51. The van der Waals surface area contributed by atoms with E-state index >= 15 is 0 Å². The summed E-state index contributed by atoms with van der Waals surface area (Å²) in [5, 5.41) is 2.85. The molecule has 8 nitrogen and oxygen atoms in total. The molecule has 110 valence electrons. The van der Waals surface area contributed by atoms with E-state index in [4.69, 9.17) is 9.79 Å². The molecule has 0 amide bonds. The Balaban J connectivity index is 1.87. The first-order valence-corrected chi connectivity index (χ1v) is 8.15. The van der Waals surface area contributed by atoms with Crippen LogP contribution in [0.4, 0.5) is 5.82 Å². The van der Waals surface area contributed by atoms with Crippen molar-refractivity contribution in [1.29, 1.82) is 0 Å². The number of nitrogens with one attached hydrogen (secondary N) is 1. The lowest BCUT2D eigenvalue weighted by Gasteiger charge is -2.07. The van der Waals surface area contributed by atoms with E-state index in [-0.39, 0.29) is 18.5 Å². The van der Waals surface area contributed by atoms with Gasteiger partial charge in [0, 0.05) is 12.7 Å². The van der Waals surface area contributed by atoms with Gasteiger partial charge >= 0.3 is 7.60 Å². The Kier molecular flexibility index (Phi) is 4.69. The van der Waals surface area contributed by atoms with E-state index in [1.54, 1.807) is 10.9 Å². The summed E-state index contributed by atoms with van der Waals surface area (Å²) in [5.74, 6) is 0.417. The van der Waals surface area contributed by atoms with Crippen LogP contribution in [0.2, 0.25) is 0 Å². The molecule has 0 bridgehead atoms. The molecule has 0 radical (unpaired) electrons. The fourth-order valence-corrected chi connectivity index (χ4v) is 2.67. The van der Waals surface area contributed by atoms with Crippen LogP contribution in [0, 0.1) is 0 Å². The summed E-state index contributed by atoms with van der Waals surface area (Å²) >= 11 is 0. The number of unbranched alkanes of at least 4 members (excludes halogenated alkanes) is 2. The summed E-state index contributed by atoms with van der Waals surface area (Å²) in [6.07, 6.45) is 4.85. The standard InChI is InChI=1S/C11H17N4O4P/c16-9-6-12-7-13-11-10(9)15(8-14-11)4-2-1-3-5-20(17,18)19/h7-8H,1-6H2,(H,12,13)(H2,17,18,19). The third-order valence-electron chi connectivity index (χ3n) is 2.98. The largest absolute Gasteiger partial charge is 0.330 e. The number of imidazole rings is 1. The molecule has 0 aliphatic carbocycles. The fraction of sp³-hybridized carbons (Fsp3) is 0.545. The number of Topliss-reactive ketones (excluding diaryl/α,β-unsaturated/α-hetero) is 1. The molecule has 0 fully saturated rings. The monoisotopic (exact) mass is 300 g/mol. The number of aromatic nitrogens is 2. The van der Waals surface area contributed by atoms with E-state index in [9.17, 15) is 9.36 Å². The Morgan fingerprint density at radius 3 is 2.90 bits per heavy atom. The van der Waals surface area contributed by atoms with Gasteiger partial charge in [-0.25, -0.2) is 4.98 Å². The van der Waals surface area contributed by atoms with Crippen LogP contribution in [0.3, 0.4) is 0 Å². The van der Waals surface area contributed by atoms with Gasteiger partial charge < -0.3 is 19.7 Å². The van der Waals surface area contributed by atoms with E-state index < -0.39 is 7.60 Å². The minimum absolute atomic E-state index is 0.0889. The summed E-state index contributed by atoms with van der Waals surface area (Å²) in [5.41, 5.74) is 0.512. The molecule has 20 heavy (non-hydrogen) atoms. The molecule has 0 aromatic carbocycles. The van der Waals surface area contributed by atoms with Crippen molar-refractivity contribution in [3.05, 3.63) is 12.0 Å². The van der Waals surface area contributed by atoms with Crippen LogP contribution in [0.25, 0.3) is 0 Å². The topological polar surface area (TPSA) is 117 Å². The Morgan fingerprint density at radius 2 is 2.15 bits per heavy atom. The summed E-state index contributed by atoms with van der Waals surface area (Å²) in [7, 11) is -3.90. The van der Waals surface area contributed by atoms with Gasteiger partial charge in [-0.05, 0) is 12.8 Å². The number of rotatable bonds is 6. The third kappa shape index (κ3) is 4.00. The molecular weight excluding hydrogens is 283 g/mol. The highest BCUT2D eigenvalue weighted by Crippen LogP contribution is 2.35. The van der Waals surface area contributed by atoms with Gasteiger partial charge in [0.2, 0.25) is 5.78 Å². The third-order valence-corrected chi connectivity index (χ3v) is 3.88. The molecule has 2 heterocycles. The maximum absolute atomic E-state index is 11.9. The SMILES string of the molecule is O=C1CN=CNc2ncn(CCCCCP(=O)(O)O)c21. The van der Waals surface area contributed by atoms with Crippen LogP contribution in [-0.2, 0) is 11.1 Å². The van der Waals surface area contributed by atoms with Gasteiger partial charge in [-0.2, -0.15) is 0 Å². The van der Waals surface area contributed by atoms with E-state index in [1.165, 1.54) is 6.34 Å². The Morgan fingerprint density at radius 1 is 1.35 bits per heavy atom. The zero-order valence-corrected chi connectivity index (χ0v) is 11.8. The highest BCUT2D eigenvalue weighted by Gasteiger charge is 2.19.